The molecule has 1 fully saturated rings. The molecule has 1 unspecified atom stereocenters. The fraction of sp³-hybridized carbons (Fsp3) is 0.333. The molecule has 0 radical (unpaired) electrons. The Hall–Kier alpha value is -1.36. The van der Waals surface area contributed by atoms with Crippen molar-refractivity contribution in [2.75, 3.05) is 0 Å². The second-order valence-corrected chi connectivity index (χ2v) is 5.26. The molecule has 1 heterocycles. The normalized spacial score (nSPS) is 23.2. The van der Waals surface area contributed by atoms with E-state index in [0.29, 0.717) is 12.0 Å². The van der Waals surface area contributed by atoms with Gasteiger partial charge in [0, 0.05) is 10.5 Å². The van der Waals surface area contributed by atoms with Crippen molar-refractivity contribution in [1.29, 1.82) is 0 Å². The summed E-state index contributed by atoms with van der Waals surface area (Å²) < 4.78 is 0.960. The molecular formula is C12H12BrN3O. The highest BCUT2D eigenvalue weighted by Gasteiger charge is 2.31. The molecule has 2 N–H and O–H groups in total. The maximum atomic E-state index is 11.8. The second kappa shape index (κ2) is 4.14. The predicted molar refractivity (Wildman–Crippen MR) is 68.6 cm³/mol. The number of carbonyl (C=O) groups excluding carboxylic acids is 1. The highest BCUT2D eigenvalue weighted by molar-refractivity contribution is 9.10. The van der Waals surface area contributed by atoms with Crippen LogP contribution in [0.2, 0.25) is 0 Å². The van der Waals surface area contributed by atoms with Crippen LogP contribution in [0.1, 0.15) is 24.4 Å². The summed E-state index contributed by atoms with van der Waals surface area (Å²) in [5.74, 6) is 0.550. The van der Waals surface area contributed by atoms with Gasteiger partial charge in [-0.1, -0.05) is 28.1 Å². The van der Waals surface area contributed by atoms with E-state index in [4.69, 9.17) is 0 Å². The lowest BCUT2D eigenvalue weighted by Crippen LogP contribution is -2.37. The molecule has 1 aliphatic carbocycles. The van der Waals surface area contributed by atoms with Crippen molar-refractivity contribution in [2.45, 2.75) is 24.9 Å². The Morgan fingerprint density at radius 3 is 2.94 bits per heavy atom. The van der Waals surface area contributed by atoms with Gasteiger partial charge in [0.05, 0.1) is 0 Å². The van der Waals surface area contributed by atoms with Gasteiger partial charge < -0.3 is 5.32 Å². The molecule has 88 valence electrons. The first-order chi connectivity index (χ1) is 8.22. The molecule has 1 aliphatic heterocycles. The van der Waals surface area contributed by atoms with Gasteiger partial charge in [0.25, 0.3) is 5.91 Å². The lowest BCUT2D eigenvalue weighted by molar-refractivity contribution is -0.120. The molecule has 2 aliphatic rings. The summed E-state index contributed by atoms with van der Waals surface area (Å²) in [7, 11) is 0. The molecule has 1 saturated carbocycles. The van der Waals surface area contributed by atoms with E-state index >= 15 is 0 Å². The summed E-state index contributed by atoms with van der Waals surface area (Å²) in [6.45, 7) is 0. The Morgan fingerprint density at radius 2 is 2.24 bits per heavy atom. The Kier molecular flexibility index (Phi) is 2.63. The SMILES string of the molecule is O=C1NC(NC2CC2)=NC1c1cccc(Br)c1. The zero-order chi connectivity index (χ0) is 11.8. The fourth-order valence-electron chi connectivity index (χ4n) is 1.80. The van der Waals surface area contributed by atoms with Crippen molar-refractivity contribution in [3.05, 3.63) is 34.3 Å². The number of carbonyl (C=O) groups is 1. The minimum Gasteiger partial charge on any atom is -0.353 e. The van der Waals surface area contributed by atoms with Crippen LogP contribution >= 0.6 is 15.9 Å². The van der Waals surface area contributed by atoms with Crippen LogP contribution in [0.25, 0.3) is 0 Å². The number of rotatable bonds is 2. The number of halogens is 1. The average molecular weight is 294 g/mol. The monoisotopic (exact) mass is 293 g/mol. The molecule has 0 aromatic heterocycles. The third kappa shape index (κ3) is 2.34. The van der Waals surface area contributed by atoms with E-state index in [1.54, 1.807) is 0 Å². The van der Waals surface area contributed by atoms with E-state index in [9.17, 15) is 4.79 Å². The van der Waals surface area contributed by atoms with E-state index in [2.05, 4.69) is 31.6 Å². The van der Waals surface area contributed by atoms with Crippen LogP contribution in [-0.4, -0.2) is 17.9 Å². The number of hydrogen-bond acceptors (Lipinski definition) is 3. The van der Waals surface area contributed by atoms with Crippen molar-refractivity contribution >= 4 is 27.8 Å². The van der Waals surface area contributed by atoms with Crippen LogP contribution in [0.4, 0.5) is 0 Å². The second-order valence-electron chi connectivity index (χ2n) is 4.34. The molecule has 1 amide bonds. The highest BCUT2D eigenvalue weighted by Crippen LogP contribution is 2.25. The quantitative estimate of drug-likeness (QED) is 0.872. The molecule has 5 heteroatoms. The van der Waals surface area contributed by atoms with E-state index in [0.717, 1.165) is 22.9 Å². The topological polar surface area (TPSA) is 53.5 Å². The largest absolute Gasteiger partial charge is 0.353 e. The molecule has 1 aromatic rings. The van der Waals surface area contributed by atoms with Crippen molar-refractivity contribution in [3.63, 3.8) is 0 Å². The van der Waals surface area contributed by atoms with Gasteiger partial charge in [-0.15, -0.1) is 0 Å². The summed E-state index contributed by atoms with van der Waals surface area (Å²) in [6, 6.07) is 7.76. The summed E-state index contributed by atoms with van der Waals surface area (Å²) in [5.41, 5.74) is 0.907. The third-order valence-electron chi connectivity index (χ3n) is 2.83. The molecule has 17 heavy (non-hydrogen) atoms. The predicted octanol–water partition coefficient (Wildman–Crippen LogP) is 1.73. The Bertz CT molecular complexity index is 496. The first kappa shape index (κ1) is 10.8. The van der Waals surface area contributed by atoms with Crippen molar-refractivity contribution in [1.82, 2.24) is 10.6 Å². The van der Waals surface area contributed by atoms with E-state index in [1.807, 2.05) is 24.3 Å². The summed E-state index contributed by atoms with van der Waals surface area (Å²) >= 11 is 3.40. The van der Waals surface area contributed by atoms with Crippen LogP contribution in [0.3, 0.4) is 0 Å². The molecule has 0 saturated heterocycles. The van der Waals surface area contributed by atoms with Crippen molar-refractivity contribution in [2.24, 2.45) is 4.99 Å². The van der Waals surface area contributed by atoms with Gasteiger partial charge in [-0.3, -0.25) is 10.1 Å². The summed E-state index contributed by atoms with van der Waals surface area (Å²) in [6.07, 6.45) is 2.33. The highest BCUT2D eigenvalue weighted by atomic mass is 79.9. The van der Waals surface area contributed by atoms with E-state index in [-0.39, 0.29) is 5.91 Å². The number of nitrogens with one attached hydrogen (secondary N) is 2. The van der Waals surface area contributed by atoms with Crippen LogP contribution in [0.5, 0.6) is 0 Å². The van der Waals surface area contributed by atoms with Gasteiger partial charge >= 0.3 is 0 Å². The molecule has 1 aromatic carbocycles. The van der Waals surface area contributed by atoms with Gasteiger partial charge in [0.2, 0.25) is 0 Å². The first-order valence-corrected chi connectivity index (χ1v) is 6.42. The lowest BCUT2D eigenvalue weighted by atomic mass is 10.1. The zero-order valence-corrected chi connectivity index (χ0v) is 10.7. The van der Waals surface area contributed by atoms with Gasteiger partial charge in [-0.05, 0) is 30.5 Å². The number of guanidine groups is 1. The van der Waals surface area contributed by atoms with Gasteiger partial charge in [0.1, 0.15) is 0 Å². The minimum absolute atomic E-state index is 0.0637. The zero-order valence-electron chi connectivity index (χ0n) is 9.11. The van der Waals surface area contributed by atoms with Gasteiger partial charge in [-0.2, -0.15) is 0 Å². The van der Waals surface area contributed by atoms with Crippen LogP contribution in [-0.2, 0) is 4.79 Å². The Morgan fingerprint density at radius 1 is 1.41 bits per heavy atom. The summed E-state index contributed by atoms with van der Waals surface area (Å²) in [4.78, 5) is 16.2. The van der Waals surface area contributed by atoms with Gasteiger partial charge in [-0.25, -0.2) is 4.99 Å². The average Bonchev–Trinajstić information content (AvgIpc) is 3.01. The molecule has 4 nitrogen and oxygen atoms in total. The number of amides is 1. The number of benzene rings is 1. The van der Waals surface area contributed by atoms with Crippen LogP contribution in [0.15, 0.2) is 33.7 Å². The number of aliphatic imine (C=N–C) groups is 1. The smallest absolute Gasteiger partial charge is 0.256 e. The van der Waals surface area contributed by atoms with Crippen molar-refractivity contribution < 1.29 is 4.79 Å². The van der Waals surface area contributed by atoms with Gasteiger partial charge in [0.15, 0.2) is 12.0 Å². The molecule has 0 spiro atoms. The standard InChI is InChI=1S/C12H12BrN3O/c13-8-3-1-2-7(6-8)10-11(17)16-12(15-10)14-9-4-5-9/h1-3,6,9-10H,4-5H2,(H2,14,15,16,17). The fourth-order valence-corrected chi connectivity index (χ4v) is 2.22. The molecule has 0 bridgehead atoms. The minimum atomic E-state index is -0.422. The third-order valence-corrected chi connectivity index (χ3v) is 3.32. The molecule has 3 rings (SSSR count). The molecule has 1 atom stereocenters. The van der Waals surface area contributed by atoms with Crippen molar-refractivity contribution in [3.8, 4) is 0 Å². The number of nitrogens with zero attached hydrogens (tertiary/aromatic N) is 1. The van der Waals surface area contributed by atoms with E-state index < -0.39 is 6.04 Å². The maximum Gasteiger partial charge on any atom is 0.256 e. The Balaban J connectivity index is 1.82. The summed E-state index contributed by atoms with van der Waals surface area (Å²) in [5, 5.41) is 5.98. The van der Waals surface area contributed by atoms with E-state index in [1.165, 1.54) is 0 Å². The maximum absolute atomic E-state index is 11.8. The van der Waals surface area contributed by atoms with Crippen LogP contribution in [0, 0.1) is 0 Å². The number of hydrogen-bond donors (Lipinski definition) is 2. The Labute approximate surface area is 108 Å². The van der Waals surface area contributed by atoms with Crippen LogP contribution < -0.4 is 10.6 Å². The molecular weight excluding hydrogens is 282 g/mol. The lowest BCUT2D eigenvalue weighted by Gasteiger charge is -2.04. The first-order valence-electron chi connectivity index (χ1n) is 5.63.